The predicted molar refractivity (Wildman–Crippen MR) is 53.0 cm³/mol. The average Bonchev–Trinajstić information content (AvgIpc) is 2.21. The first-order valence-electron chi connectivity index (χ1n) is 5.30. The first-order valence-corrected chi connectivity index (χ1v) is 5.30. The zero-order valence-electron chi connectivity index (χ0n) is 8.74. The summed E-state index contributed by atoms with van der Waals surface area (Å²) < 4.78 is 4.95. The van der Waals surface area contributed by atoms with Crippen LogP contribution in [0.1, 0.15) is 26.2 Å². The maximum absolute atomic E-state index is 11.3. The van der Waals surface area contributed by atoms with E-state index >= 15 is 0 Å². The molecule has 0 aromatic carbocycles. The summed E-state index contributed by atoms with van der Waals surface area (Å²) in [6, 6.07) is 0. The summed E-state index contributed by atoms with van der Waals surface area (Å²) in [5.74, 6) is 0.0920. The van der Waals surface area contributed by atoms with Crippen LogP contribution in [0.25, 0.3) is 0 Å². The average molecular weight is 201 g/mol. The highest BCUT2D eigenvalue weighted by molar-refractivity contribution is 5.68. The molecule has 0 aromatic heterocycles. The molecule has 1 amide bonds. The molecule has 82 valence electrons. The molecule has 1 N–H and O–H groups in total. The Kier molecular flexibility index (Phi) is 4.73. The van der Waals surface area contributed by atoms with Crippen LogP contribution in [0.4, 0.5) is 4.79 Å². The van der Waals surface area contributed by atoms with Gasteiger partial charge in [0.2, 0.25) is 0 Å². The third kappa shape index (κ3) is 3.18. The number of hydrogen-bond acceptors (Lipinski definition) is 3. The normalized spacial score (nSPS) is 22.3. The number of hydrogen-bond donors (Lipinski definition) is 1. The molecule has 1 fully saturated rings. The molecule has 1 saturated heterocycles. The number of amides is 1. The fourth-order valence-corrected chi connectivity index (χ4v) is 1.57. The minimum absolute atomic E-state index is 0.0920. The van der Waals surface area contributed by atoms with Gasteiger partial charge >= 0.3 is 6.09 Å². The number of carbonyl (C=O) groups is 1. The lowest BCUT2D eigenvalue weighted by Gasteiger charge is -2.31. The molecule has 1 heterocycles. The molecule has 4 heteroatoms. The Labute approximate surface area is 84.8 Å². The summed E-state index contributed by atoms with van der Waals surface area (Å²) in [7, 11) is 0. The van der Waals surface area contributed by atoms with Crippen molar-refractivity contribution in [1.82, 2.24) is 4.90 Å². The molecule has 0 aliphatic carbocycles. The van der Waals surface area contributed by atoms with Gasteiger partial charge < -0.3 is 14.7 Å². The van der Waals surface area contributed by atoms with E-state index in [1.54, 1.807) is 4.90 Å². The Hall–Kier alpha value is -0.770. The van der Waals surface area contributed by atoms with E-state index in [1.807, 2.05) is 0 Å². The minimum Gasteiger partial charge on any atom is -0.449 e. The lowest BCUT2D eigenvalue weighted by molar-refractivity contribution is 0.0244. The van der Waals surface area contributed by atoms with Crippen molar-refractivity contribution in [1.29, 1.82) is 0 Å². The molecule has 0 spiro atoms. The van der Waals surface area contributed by atoms with E-state index < -0.39 is 0 Å². The molecule has 4 nitrogen and oxygen atoms in total. The minimum atomic E-state index is -0.231. The summed E-state index contributed by atoms with van der Waals surface area (Å²) in [5, 5.41) is 8.95. The van der Waals surface area contributed by atoms with Crippen molar-refractivity contribution >= 4 is 6.09 Å². The molecule has 0 saturated carbocycles. The van der Waals surface area contributed by atoms with E-state index in [2.05, 4.69) is 6.92 Å². The van der Waals surface area contributed by atoms with Crippen molar-refractivity contribution in [3.05, 3.63) is 0 Å². The zero-order chi connectivity index (χ0) is 10.4. The van der Waals surface area contributed by atoms with Crippen LogP contribution in [0.5, 0.6) is 0 Å². The molecular weight excluding hydrogens is 182 g/mol. The van der Waals surface area contributed by atoms with E-state index in [1.165, 1.54) is 0 Å². The quantitative estimate of drug-likeness (QED) is 0.681. The SMILES string of the molecule is CCCCCN1CC(CO)COC1=O. The number of rotatable bonds is 5. The lowest BCUT2D eigenvalue weighted by Crippen LogP contribution is -2.44. The van der Waals surface area contributed by atoms with Crippen LogP contribution < -0.4 is 0 Å². The lowest BCUT2D eigenvalue weighted by atomic mass is 10.1. The summed E-state index contributed by atoms with van der Waals surface area (Å²) in [4.78, 5) is 13.0. The predicted octanol–water partition coefficient (Wildman–Crippen LogP) is 1.24. The van der Waals surface area contributed by atoms with Gasteiger partial charge in [-0.1, -0.05) is 19.8 Å². The fourth-order valence-electron chi connectivity index (χ4n) is 1.57. The van der Waals surface area contributed by atoms with Crippen molar-refractivity contribution in [2.75, 3.05) is 26.3 Å². The second-order valence-electron chi connectivity index (χ2n) is 3.78. The highest BCUT2D eigenvalue weighted by Gasteiger charge is 2.25. The molecule has 1 atom stereocenters. The van der Waals surface area contributed by atoms with Gasteiger partial charge in [0.15, 0.2) is 0 Å². The number of cyclic esters (lactones) is 1. The number of ether oxygens (including phenoxy) is 1. The Balaban J connectivity index is 2.29. The third-order valence-corrected chi connectivity index (χ3v) is 2.47. The third-order valence-electron chi connectivity index (χ3n) is 2.47. The van der Waals surface area contributed by atoms with Gasteiger partial charge in [0, 0.05) is 19.0 Å². The maximum atomic E-state index is 11.3. The highest BCUT2D eigenvalue weighted by Crippen LogP contribution is 2.11. The monoisotopic (exact) mass is 201 g/mol. The van der Waals surface area contributed by atoms with Crippen LogP contribution >= 0.6 is 0 Å². The Morgan fingerprint density at radius 1 is 1.57 bits per heavy atom. The zero-order valence-corrected chi connectivity index (χ0v) is 8.74. The summed E-state index contributed by atoms with van der Waals surface area (Å²) in [6.07, 6.45) is 3.06. The van der Waals surface area contributed by atoms with Crippen LogP contribution in [0, 0.1) is 5.92 Å². The van der Waals surface area contributed by atoms with Crippen LogP contribution in [-0.2, 0) is 4.74 Å². The first kappa shape index (κ1) is 11.3. The molecule has 14 heavy (non-hydrogen) atoms. The standard InChI is InChI=1S/C10H19NO3/c1-2-3-4-5-11-6-9(7-12)8-14-10(11)13/h9,12H,2-8H2,1H3. The molecule has 1 unspecified atom stereocenters. The molecule has 0 aromatic rings. The molecule has 1 aliphatic heterocycles. The summed E-state index contributed by atoms with van der Waals surface area (Å²) in [5.41, 5.74) is 0. The number of nitrogens with zero attached hydrogens (tertiary/aromatic N) is 1. The number of unbranched alkanes of at least 4 members (excludes halogenated alkanes) is 2. The summed E-state index contributed by atoms with van der Waals surface area (Å²) in [6.45, 7) is 3.98. The van der Waals surface area contributed by atoms with Crippen molar-refractivity contribution in [3.63, 3.8) is 0 Å². The van der Waals surface area contributed by atoms with Gasteiger partial charge in [-0.05, 0) is 6.42 Å². The van der Waals surface area contributed by atoms with Crippen LogP contribution in [-0.4, -0.2) is 42.4 Å². The van der Waals surface area contributed by atoms with Crippen molar-refractivity contribution < 1.29 is 14.6 Å². The van der Waals surface area contributed by atoms with E-state index in [0.29, 0.717) is 13.2 Å². The number of carbonyl (C=O) groups excluding carboxylic acids is 1. The van der Waals surface area contributed by atoms with Gasteiger partial charge in [-0.3, -0.25) is 0 Å². The largest absolute Gasteiger partial charge is 0.449 e. The fraction of sp³-hybridized carbons (Fsp3) is 0.900. The van der Waals surface area contributed by atoms with Gasteiger partial charge in [0.25, 0.3) is 0 Å². The first-order chi connectivity index (χ1) is 6.77. The van der Waals surface area contributed by atoms with E-state index in [0.717, 1.165) is 25.8 Å². The van der Waals surface area contributed by atoms with Gasteiger partial charge in [-0.25, -0.2) is 4.79 Å². The number of aliphatic hydroxyl groups is 1. The van der Waals surface area contributed by atoms with Gasteiger partial charge in [-0.15, -0.1) is 0 Å². The van der Waals surface area contributed by atoms with Crippen molar-refractivity contribution in [2.24, 2.45) is 5.92 Å². The van der Waals surface area contributed by atoms with Crippen molar-refractivity contribution in [2.45, 2.75) is 26.2 Å². The molecule has 1 aliphatic rings. The van der Waals surface area contributed by atoms with E-state index in [4.69, 9.17) is 9.84 Å². The second-order valence-corrected chi connectivity index (χ2v) is 3.78. The molecule has 0 radical (unpaired) electrons. The van der Waals surface area contributed by atoms with E-state index in [9.17, 15) is 4.79 Å². The summed E-state index contributed by atoms with van der Waals surface area (Å²) >= 11 is 0. The molecule has 1 rings (SSSR count). The number of aliphatic hydroxyl groups excluding tert-OH is 1. The van der Waals surface area contributed by atoms with Crippen LogP contribution in [0.15, 0.2) is 0 Å². The smallest absolute Gasteiger partial charge is 0.409 e. The second kappa shape index (κ2) is 5.86. The Morgan fingerprint density at radius 2 is 2.36 bits per heavy atom. The Morgan fingerprint density at radius 3 is 3.00 bits per heavy atom. The van der Waals surface area contributed by atoms with Gasteiger partial charge in [-0.2, -0.15) is 0 Å². The molecule has 0 bridgehead atoms. The highest BCUT2D eigenvalue weighted by atomic mass is 16.6. The topological polar surface area (TPSA) is 49.8 Å². The van der Waals surface area contributed by atoms with Crippen LogP contribution in [0.3, 0.4) is 0 Å². The van der Waals surface area contributed by atoms with E-state index in [-0.39, 0.29) is 18.6 Å². The maximum Gasteiger partial charge on any atom is 0.409 e. The Bertz CT molecular complexity index is 184. The molecular formula is C10H19NO3. The van der Waals surface area contributed by atoms with Crippen LogP contribution in [0.2, 0.25) is 0 Å². The van der Waals surface area contributed by atoms with Gasteiger partial charge in [0.1, 0.15) is 0 Å². The van der Waals surface area contributed by atoms with Crippen molar-refractivity contribution in [3.8, 4) is 0 Å². The van der Waals surface area contributed by atoms with Gasteiger partial charge in [0.05, 0.1) is 13.2 Å².